The van der Waals surface area contributed by atoms with E-state index in [1.165, 1.54) is 33.3 Å². The second-order valence-corrected chi connectivity index (χ2v) is 7.19. The van der Waals surface area contributed by atoms with Crippen molar-refractivity contribution in [3.05, 3.63) is 95.2 Å². The minimum absolute atomic E-state index is 0.153. The van der Waals surface area contributed by atoms with Gasteiger partial charge in [-0.3, -0.25) is 0 Å². The molecule has 0 spiro atoms. The van der Waals surface area contributed by atoms with E-state index in [0.29, 0.717) is 0 Å². The summed E-state index contributed by atoms with van der Waals surface area (Å²) in [6.45, 7) is 3.13. The van der Waals surface area contributed by atoms with E-state index in [-0.39, 0.29) is 6.04 Å². The number of hydrogen-bond donors (Lipinski definition) is 2. The van der Waals surface area contributed by atoms with Crippen LogP contribution in [0.2, 0.25) is 0 Å². The predicted molar refractivity (Wildman–Crippen MR) is 110 cm³/mol. The molecule has 0 aliphatic carbocycles. The van der Waals surface area contributed by atoms with E-state index in [0.717, 1.165) is 24.5 Å². The number of aromatic nitrogens is 1. The molecule has 1 unspecified atom stereocenters. The number of H-pyrrole nitrogens is 1. The highest BCUT2D eigenvalue weighted by Gasteiger charge is 2.25. The van der Waals surface area contributed by atoms with E-state index in [1.807, 2.05) is 36.4 Å². The summed E-state index contributed by atoms with van der Waals surface area (Å²) < 4.78 is 6.03. The molecular formula is C24H22N2O. The third-order valence-corrected chi connectivity index (χ3v) is 5.28. The van der Waals surface area contributed by atoms with Gasteiger partial charge in [-0.05, 0) is 60.9 Å². The maximum atomic E-state index is 6.03. The van der Waals surface area contributed by atoms with Crippen LogP contribution in [-0.2, 0) is 6.42 Å². The Balaban J connectivity index is 1.53. The number of aromatic amines is 1. The number of rotatable bonds is 3. The Morgan fingerprint density at radius 1 is 0.889 bits per heavy atom. The van der Waals surface area contributed by atoms with Gasteiger partial charge in [-0.25, -0.2) is 0 Å². The third kappa shape index (κ3) is 3.00. The molecule has 27 heavy (non-hydrogen) atoms. The zero-order valence-corrected chi connectivity index (χ0v) is 15.3. The van der Waals surface area contributed by atoms with E-state index < -0.39 is 0 Å². The topological polar surface area (TPSA) is 37.0 Å². The summed E-state index contributed by atoms with van der Waals surface area (Å²) in [6, 6.07) is 25.1. The molecule has 0 bridgehead atoms. The molecule has 3 heteroatoms. The first-order valence-electron chi connectivity index (χ1n) is 9.45. The van der Waals surface area contributed by atoms with E-state index >= 15 is 0 Å². The van der Waals surface area contributed by atoms with Gasteiger partial charge in [0.05, 0.1) is 6.04 Å². The van der Waals surface area contributed by atoms with Gasteiger partial charge in [0.2, 0.25) is 0 Å². The molecule has 0 fully saturated rings. The van der Waals surface area contributed by atoms with Crippen LogP contribution in [0.1, 0.15) is 28.4 Å². The fourth-order valence-corrected chi connectivity index (χ4v) is 4.01. The summed E-state index contributed by atoms with van der Waals surface area (Å²) in [7, 11) is 0. The van der Waals surface area contributed by atoms with Gasteiger partial charge in [-0.2, -0.15) is 0 Å². The Morgan fingerprint density at radius 2 is 1.74 bits per heavy atom. The molecule has 1 aromatic heterocycles. The lowest BCUT2D eigenvalue weighted by Gasteiger charge is -2.25. The highest BCUT2D eigenvalue weighted by Crippen LogP contribution is 2.35. The van der Waals surface area contributed by atoms with Gasteiger partial charge < -0.3 is 15.0 Å². The van der Waals surface area contributed by atoms with Gasteiger partial charge in [0.25, 0.3) is 0 Å². The first kappa shape index (κ1) is 16.2. The SMILES string of the molecule is Cc1ccc2[nH]c3c(c2c1)CCNC3c1cccc(Oc2ccccc2)c1. The molecular weight excluding hydrogens is 332 g/mol. The van der Waals surface area contributed by atoms with E-state index in [9.17, 15) is 0 Å². The first-order valence-corrected chi connectivity index (χ1v) is 9.45. The summed E-state index contributed by atoms with van der Waals surface area (Å²) >= 11 is 0. The number of ether oxygens (including phenoxy) is 1. The van der Waals surface area contributed by atoms with Crippen LogP contribution in [0.5, 0.6) is 11.5 Å². The summed E-state index contributed by atoms with van der Waals surface area (Å²) in [4.78, 5) is 3.66. The van der Waals surface area contributed by atoms with E-state index in [1.54, 1.807) is 0 Å². The van der Waals surface area contributed by atoms with Gasteiger partial charge in [-0.1, -0.05) is 42.0 Å². The smallest absolute Gasteiger partial charge is 0.127 e. The molecule has 4 aromatic rings. The van der Waals surface area contributed by atoms with Crippen molar-refractivity contribution in [2.45, 2.75) is 19.4 Å². The molecule has 2 N–H and O–H groups in total. The molecule has 0 saturated heterocycles. The fourth-order valence-electron chi connectivity index (χ4n) is 4.01. The molecule has 2 heterocycles. The Kier molecular flexibility index (Phi) is 3.95. The maximum Gasteiger partial charge on any atom is 0.127 e. The lowest BCUT2D eigenvalue weighted by molar-refractivity contribution is 0.479. The zero-order chi connectivity index (χ0) is 18.2. The lowest BCUT2D eigenvalue weighted by Crippen LogP contribution is -2.30. The quantitative estimate of drug-likeness (QED) is 0.509. The Morgan fingerprint density at radius 3 is 2.63 bits per heavy atom. The van der Waals surface area contributed by atoms with Gasteiger partial charge in [0, 0.05) is 23.1 Å². The number of fused-ring (bicyclic) bond motifs is 3. The van der Waals surface area contributed by atoms with Crippen molar-refractivity contribution in [3.8, 4) is 11.5 Å². The highest BCUT2D eigenvalue weighted by atomic mass is 16.5. The standard InChI is InChI=1S/C24H22N2O/c1-16-10-11-22-21(14-16)20-12-13-25-23(24(20)26-22)17-6-5-9-19(15-17)27-18-7-3-2-4-8-18/h2-11,14-15,23,25-26H,12-13H2,1H3. The number of nitrogens with one attached hydrogen (secondary N) is 2. The van der Waals surface area contributed by atoms with Gasteiger partial charge in [-0.15, -0.1) is 0 Å². The minimum atomic E-state index is 0.153. The van der Waals surface area contributed by atoms with Crippen LogP contribution < -0.4 is 10.1 Å². The number of hydrogen-bond acceptors (Lipinski definition) is 2. The summed E-state index contributed by atoms with van der Waals surface area (Å²) in [5, 5.41) is 5.03. The van der Waals surface area contributed by atoms with Crippen LogP contribution in [0.3, 0.4) is 0 Å². The van der Waals surface area contributed by atoms with Crippen LogP contribution >= 0.6 is 0 Å². The summed E-state index contributed by atoms with van der Waals surface area (Å²) in [5.74, 6) is 1.72. The Hall–Kier alpha value is -3.04. The van der Waals surface area contributed by atoms with Crippen molar-refractivity contribution in [2.24, 2.45) is 0 Å². The van der Waals surface area contributed by atoms with Crippen LogP contribution in [0.4, 0.5) is 0 Å². The van der Waals surface area contributed by atoms with E-state index in [4.69, 9.17) is 4.74 Å². The normalized spacial score (nSPS) is 16.3. The lowest BCUT2D eigenvalue weighted by atomic mass is 9.94. The largest absolute Gasteiger partial charge is 0.457 e. The van der Waals surface area contributed by atoms with Gasteiger partial charge in [0.1, 0.15) is 11.5 Å². The second kappa shape index (κ2) is 6.60. The number of aryl methyl sites for hydroxylation is 1. The molecule has 1 aliphatic heterocycles. The molecule has 5 rings (SSSR count). The van der Waals surface area contributed by atoms with Crippen molar-refractivity contribution in [2.75, 3.05) is 6.54 Å². The summed E-state index contributed by atoms with van der Waals surface area (Å²) in [5.41, 5.74) is 6.45. The Labute approximate surface area is 159 Å². The molecule has 3 nitrogen and oxygen atoms in total. The van der Waals surface area contributed by atoms with Crippen LogP contribution in [0.15, 0.2) is 72.8 Å². The number of para-hydroxylation sites is 1. The maximum absolute atomic E-state index is 6.03. The van der Waals surface area contributed by atoms with Crippen molar-refractivity contribution in [3.63, 3.8) is 0 Å². The fraction of sp³-hybridized carbons (Fsp3) is 0.167. The van der Waals surface area contributed by atoms with Crippen LogP contribution in [0.25, 0.3) is 10.9 Å². The van der Waals surface area contributed by atoms with Crippen molar-refractivity contribution < 1.29 is 4.74 Å². The Bertz CT molecular complexity index is 1100. The molecule has 3 aromatic carbocycles. The predicted octanol–water partition coefficient (Wildman–Crippen LogP) is 5.50. The average molecular weight is 354 g/mol. The van der Waals surface area contributed by atoms with Crippen molar-refractivity contribution in [1.29, 1.82) is 0 Å². The molecule has 134 valence electrons. The van der Waals surface area contributed by atoms with Crippen molar-refractivity contribution >= 4 is 10.9 Å². The molecule has 1 aliphatic rings. The molecule has 0 saturated carbocycles. The minimum Gasteiger partial charge on any atom is -0.457 e. The second-order valence-electron chi connectivity index (χ2n) is 7.19. The van der Waals surface area contributed by atoms with Gasteiger partial charge in [0.15, 0.2) is 0 Å². The van der Waals surface area contributed by atoms with Crippen molar-refractivity contribution in [1.82, 2.24) is 10.3 Å². The monoisotopic (exact) mass is 354 g/mol. The average Bonchev–Trinajstić information content (AvgIpc) is 3.07. The molecule has 0 amide bonds. The third-order valence-electron chi connectivity index (χ3n) is 5.28. The number of benzene rings is 3. The van der Waals surface area contributed by atoms with Gasteiger partial charge >= 0.3 is 0 Å². The molecule has 1 atom stereocenters. The molecule has 0 radical (unpaired) electrons. The van der Waals surface area contributed by atoms with Crippen LogP contribution in [-0.4, -0.2) is 11.5 Å². The first-order chi connectivity index (χ1) is 13.3. The summed E-state index contributed by atoms with van der Waals surface area (Å²) in [6.07, 6.45) is 1.05. The van der Waals surface area contributed by atoms with E-state index in [2.05, 4.69) is 53.6 Å². The van der Waals surface area contributed by atoms with Crippen LogP contribution in [0, 0.1) is 6.92 Å². The highest BCUT2D eigenvalue weighted by molar-refractivity contribution is 5.86. The zero-order valence-electron chi connectivity index (χ0n) is 15.3.